The average molecular weight is 317 g/mol. The van der Waals surface area contributed by atoms with Crippen molar-refractivity contribution in [2.24, 2.45) is 0 Å². The van der Waals surface area contributed by atoms with E-state index in [-0.39, 0.29) is 18.0 Å². The van der Waals surface area contributed by atoms with Crippen molar-refractivity contribution in [1.82, 2.24) is 10.2 Å². The first kappa shape index (κ1) is 15.8. The number of esters is 1. The summed E-state index contributed by atoms with van der Waals surface area (Å²) in [5, 5.41) is 2.82. The molecule has 2 aliphatic heterocycles. The highest BCUT2D eigenvalue weighted by Gasteiger charge is 2.29. The van der Waals surface area contributed by atoms with Crippen LogP contribution in [-0.4, -0.2) is 56.2 Å². The van der Waals surface area contributed by atoms with E-state index in [1.165, 1.54) is 5.56 Å². The average Bonchev–Trinajstić information content (AvgIpc) is 2.89. The molecule has 1 aromatic rings. The maximum absolute atomic E-state index is 12.2. The van der Waals surface area contributed by atoms with E-state index in [9.17, 15) is 9.59 Å². The van der Waals surface area contributed by atoms with Crippen LogP contribution in [0.1, 0.15) is 18.1 Å². The van der Waals surface area contributed by atoms with Gasteiger partial charge in [0.2, 0.25) is 0 Å². The van der Waals surface area contributed by atoms with E-state index >= 15 is 0 Å². The Morgan fingerprint density at radius 1 is 1.35 bits per heavy atom. The molecule has 0 aliphatic carbocycles. The van der Waals surface area contributed by atoms with E-state index in [0.29, 0.717) is 26.1 Å². The Balaban J connectivity index is 1.84. The Labute approximate surface area is 136 Å². The number of benzene rings is 1. The first-order valence-electron chi connectivity index (χ1n) is 8.14. The summed E-state index contributed by atoms with van der Waals surface area (Å²) in [5.41, 5.74) is 3.30. The van der Waals surface area contributed by atoms with Crippen molar-refractivity contribution in [3.8, 4) is 0 Å². The largest absolute Gasteiger partial charge is 0.465 e. The smallest absolute Gasteiger partial charge is 0.323 e. The van der Waals surface area contributed by atoms with E-state index in [0.717, 1.165) is 24.2 Å². The van der Waals surface area contributed by atoms with E-state index in [4.69, 9.17) is 4.74 Å². The molecular weight excluding hydrogens is 294 g/mol. The molecule has 0 saturated carbocycles. The highest BCUT2D eigenvalue weighted by molar-refractivity contribution is 5.94. The normalized spacial score (nSPS) is 21.6. The van der Waals surface area contributed by atoms with Crippen LogP contribution in [0, 0.1) is 0 Å². The number of fused-ring (bicyclic) bond motifs is 1. The Morgan fingerprint density at radius 2 is 2.17 bits per heavy atom. The van der Waals surface area contributed by atoms with Gasteiger partial charge in [-0.15, -0.1) is 0 Å². The third-order valence-electron chi connectivity index (χ3n) is 4.60. The van der Waals surface area contributed by atoms with Gasteiger partial charge in [0.15, 0.2) is 0 Å². The molecule has 2 amide bonds. The van der Waals surface area contributed by atoms with Crippen molar-refractivity contribution in [3.05, 3.63) is 29.3 Å². The summed E-state index contributed by atoms with van der Waals surface area (Å²) >= 11 is 0. The number of carbonyl (C=O) groups is 2. The maximum Gasteiger partial charge on any atom is 0.323 e. The van der Waals surface area contributed by atoms with E-state index in [1.807, 2.05) is 26.1 Å². The fraction of sp³-hybridized carbons (Fsp3) is 0.529. The molecular formula is C17H23N3O3. The molecule has 1 atom stereocenters. The van der Waals surface area contributed by atoms with Gasteiger partial charge in [0.05, 0.1) is 6.61 Å². The molecule has 0 aromatic heterocycles. The molecule has 1 N–H and O–H groups in total. The number of hydrogen-bond donors (Lipinski definition) is 1. The SMILES string of the molecule is CCOC(=O)C1Cc2ccc(N3CCNC3=O)cc2CCN1C. The van der Waals surface area contributed by atoms with Crippen LogP contribution in [0.4, 0.5) is 10.5 Å². The lowest BCUT2D eigenvalue weighted by atomic mass is 9.99. The van der Waals surface area contributed by atoms with Gasteiger partial charge in [-0.2, -0.15) is 0 Å². The van der Waals surface area contributed by atoms with Crippen LogP contribution in [-0.2, 0) is 22.4 Å². The fourth-order valence-electron chi connectivity index (χ4n) is 3.25. The Kier molecular flexibility index (Phi) is 4.52. The summed E-state index contributed by atoms with van der Waals surface area (Å²) in [6.45, 7) is 4.41. The predicted octanol–water partition coefficient (Wildman–Crippen LogP) is 1.18. The minimum Gasteiger partial charge on any atom is -0.465 e. The number of nitrogens with zero attached hydrogens (tertiary/aromatic N) is 2. The highest BCUT2D eigenvalue weighted by Crippen LogP contribution is 2.26. The van der Waals surface area contributed by atoms with Crippen LogP contribution in [0.25, 0.3) is 0 Å². The van der Waals surface area contributed by atoms with Gasteiger partial charge in [-0.1, -0.05) is 6.07 Å². The molecule has 1 saturated heterocycles. The predicted molar refractivity (Wildman–Crippen MR) is 87.6 cm³/mol. The second-order valence-corrected chi connectivity index (χ2v) is 6.04. The lowest BCUT2D eigenvalue weighted by Gasteiger charge is -2.23. The van der Waals surface area contributed by atoms with Crippen molar-refractivity contribution in [2.45, 2.75) is 25.8 Å². The molecule has 6 heteroatoms. The van der Waals surface area contributed by atoms with Crippen LogP contribution in [0.3, 0.4) is 0 Å². The van der Waals surface area contributed by atoms with Gasteiger partial charge in [0, 0.05) is 25.3 Å². The van der Waals surface area contributed by atoms with Gasteiger partial charge in [-0.25, -0.2) is 4.79 Å². The number of rotatable bonds is 3. The number of nitrogens with one attached hydrogen (secondary N) is 1. The van der Waals surface area contributed by atoms with Crippen LogP contribution < -0.4 is 10.2 Å². The summed E-state index contributed by atoms with van der Waals surface area (Å²) in [6, 6.07) is 5.82. The Hall–Kier alpha value is -2.08. The maximum atomic E-state index is 12.2. The van der Waals surface area contributed by atoms with Gasteiger partial charge in [0.1, 0.15) is 6.04 Å². The zero-order chi connectivity index (χ0) is 16.4. The van der Waals surface area contributed by atoms with Gasteiger partial charge >= 0.3 is 12.0 Å². The minimum atomic E-state index is -0.239. The molecule has 0 spiro atoms. The van der Waals surface area contributed by atoms with E-state index in [1.54, 1.807) is 4.90 Å². The number of likely N-dealkylation sites (N-methyl/N-ethyl adjacent to an activating group) is 1. The quantitative estimate of drug-likeness (QED) is 0.851. The first-order valence-corrected chi connectivity index (χ1v) is 8.14. The Bertz CT molecular complexity index is 617. The fourth-order valence-corrected chi connectivity index (χ4v) is 3.25. The zero-order valence-corrected chi connectivity index (χ0v) is 13.7. The lowest BCUT2D eigenvalue weighted by Crippen LogP contribution is -2.40. The van der Waals surface area contributed by atoms with E-state index < -0.39 is 0 Å². The lowest BCUT2D eigenvalue weighted by molar-refractivity contribution is -0.148. The van der Waals surface area contributed by atoms with Gasteiger partial charge < -0.3 is 10.1 Å². The van der Waals surface area contributed by atoms with Crippen LogP contribution in [0.2, 0.25) is 0 Å². The summed E-state index contributed by atoms with van der Waals surface area (Å²) in [4.78, 5) is 27.8. The van der Waals surface area contributed by atoms with Crippen molar-refractivity contribution in [2.75, 3.05) is 38.2 Å². The number of anilines is 1. The van der Waals surface area contributed by atoms with Gasteiger partial charge in [0.25, 0.3) is 0 Å². The summed E-state index contributed by atoms with van der Waals surface area (Å²) in [7, 11) is 1.96. The standard InChI is InChI=1S/C17H23N3O3/c1-3-23-16(21)15-11-12-4-5-14(20-9-7-18-17(20)22)10-13(12)6-8-19(15)2/h4-5,10,15H,3,6-9,11H2,1-2H3,(H,18,22). The number of hydrogen-bond acceptors (Lipinski definition) is 4. The zero-order valence-electron chi connectivity index (χ0n) is 13.7. The molecule has 2 heterocycles. The third kappa shape index (κ3) is 3.17. The molecule has 124 valence electrons. The molecule has 1 fully saturated rings. The minimum absolute atomic E-state index is 0.0416. The summed E-state index contributed by atoms with van der Waals surface area (Å²) in [5.74, 6) is -0.161. The van der Waals surface area contributed by atoms with Crippen molar-refractivity contribution < 1.29 is 14.3 Å². The summed E-state index contributed by atoms with van der Waals surface area (Å²) < 4.78 is 5.20. The number of urea groups is 1. The topological polar surface area (TPSA) is 61.9 Å². The Morgan fingerprint density at radius 3 is 2.87 bits per heavy atom. The molecule has 0 radical (unpaired) electrons. The van der Waals surface area contributed by atoms with Gasteiger partial charge in [-0.05, 0) is 50.1 Å². The third-order valence-corrected chi connectivity index (χ3v) is 4.60. The van der Waals surface area contributed by atoms with Crippen molar-refractivity contribution in [1.29, 1.82) is 0 Å². The number of ether oxygens (including phenoxy) is 1. The van der Waals surface area contributed by atoms with Crippen LogP contribution in [0.5, 0.6) is 0 Å². The molecule has 1 unspecified atom stereocenters. The van der Waals surface area contributed by atoms with Crippen molar-refractivity contribution >= 4 is 17.7 Å². The second-order valence-electron chi connectivity index (χ2n) is 6.04. The highest BCUT2D eigenvalue weighted by atomic mass is 16.5. The van der Waals surface area contributed by atoms with Crippen LogP contribution >= 0.6 is 0 Å². The number of carbonyl (C=O) groups excluding carboxylic acids is 2. The van der Waals surface area contributed by atoms with Crippen molar-refractivity contribution in [3.63, 3.8) is 0 Å². The molecule has 3 rings (SSSR count). The first-order chi connectivity index (χ1) is 11.1. The van der Waals surface area contributed by atoms with Gasteiger partial charge in [-0.3, -0.25) is 14.6 Å². The number of amides is 2. The van der Waals surface area contributed by atoms with E-state index in [2.05, 4.69) is 16.3 Å². The molecule has 23 heavy (non-hydrogen) atoms. The second kappa shape index (κ2) is 6.58. The molecule has 2 aliphatic rings. The molecule has 6 nitrogen and oxygen atoms in total. The summed E-state index contributed by atoms with van der Waals surface area (Å²) in [6.07, 6.45) is 1.52. The molecule has 1 aromatic carbocycles. The monoisotopic (exact) mass is 317 g/mol. The molecule has 0 bridgehead atoms. The van der Waals surface area contributed by atoms with Crippen LogP contribution in [0.15, 0.2) is 18.2 Å².